The highest BCUT2D eigenvalue weighted by atomic mass is 32.2. The zero-order valence-corrected chi connectivity index (χ0v) is 11.9. The Morgan fingerprint density at radius 2 is 2.10 bits per heavy atom. The third-order valence-electron chi connectivity index (χ3n) is 2.57. The van der Waals surface area contributed by atoms with Crippen LogP contribution in [-0.2, 0) is 13.2 Å². The lowest BCUT2D eigenvalue weighted by atomic mass is 10.3. The molecule has 0 bridgehead atoms. The summed E-state index contributed by atoms with van der Waals surface area (Å²) in [6, 6.07) is 1.38. The summed E-state index contributed by atoms with van der Waals surface area (Å²) in [7, 11) is 1.47. The van der Waals surface area contributed by atoms with Crippen LogP contribution in [0, 0.1) is 0 Å². The monoisotopic (exact) mass is 320 g/mol. The van der Waals surface area contributed by atoms with Gasteiger partial charge < -0.3 is 4.42 Å². The minimum Gasteiger partial charge on any atom is -0.410 e. The number of aryl methyl sites for hydroxylation is 1. The molecule has 0 saturated carbocycles. The Balaban J connectivity index is 2.15. The lowest BCUT2D eigenvalue weighted by molar-refractivity contribution is -0.140. The summed E-state index contributed by atoms with van der Waals surface area (Å²) in [4.78, 5) is 0.905. The van der Waals surface area contributed by atoms with Crippen LogP contribution in [0.25, 0.3) is 21.0 Å². The van der Waals surface area contributed by atoms with Crippen LogP contribution in [0.3, 0.4) is 0 Å². The zero-order chi connectivity index (χ0) is 14.5. The normalized spacial score (nSPS) is 12.4. The first-order valence-electron chi connectivity index (χ1n) is 5.31. The second-order valence-electron chi connectivity index (χ2n) is 3.88. The molecule has 106 valence electrons. The van der Waals surface area contributed by atoms with E-state index in [9.17, 15) is 13.2 Å². The highest BCUT2D eigenvalue weighted by Crippen LogP contribution is 2.40. The number of halogens is 3. The van der Waals surface area contributed by atoms with Crippen molar-refractivity contribution in [3.63, 3.8) is 0 Å². The van der Waals surface area contributed by atoms with Crippen molar-refractivity contribution in [1.82, 2.24) is 20.0 Å². The Labute approximate surface area is 118 Å². The predicted molar refractivity (Wildman–Crippen MR) is 68.7 cm³/mol. The number of thioether (sulfide) groups is 1. The fourth-order valence-electron chi connectivity index (χ4n) is 1.75. The average Bonchev–Trinajstić information content (AvgIpc) is 3.03. The second kappa shape index (κ2) is 4.48. The lowest BCUT2D eigenvalue weighted by Gasteiger charge is -2.00. The molecular formula is C10H7F3N4OS2. The molecular weight excluding hydrogens is 313 g/mol. The molecule has 0 N–H and O–H groups in total. The number of hydrogen-bond donors (Lipinski definition) is 0. The van der Waals surface area contributed by atoms with E-state index in [1.54, 1.807) is 6.26 Å². The molecule has 0 aliphatic rings. The highest BCUT2D eigenvalue weighted by molar-refractivity contribution is 7.98. The van der Waals surface area contributed by atoms with Gasteiger partial charge in [0.05, 0.1) is 4.88 Å². The number of rotatable bonds is 2. The first-order chi connectivity index (χ1) is 9.40. The number of nitrogens with zero attached hydrogens (tertiary/aromatic N) is 4. The SMILES string of the molecule is CSc1nnc(-c2cc3c(C(F)(F)F)nn(C)c3s2)o1. The van der Waals surface area contributed by atoms with Crippen LogP contribution in [0.5, 0.6) is 0 Å². The molecule has 3 aromatic heterocycles. The Kier molecular flexibility index (Phi) is 3.01. The lowest BCUT2D eigenvalue weighted by Crippen LogP contribution is -2.07. The first kappa shape index (κ1) is 13.4. The van der Waals surface area contributed by atoms with Gasteiger partial charge in [0, 0.05) is 12.4 Å². The minimum absolute atomic E-state index is 0.0453. The smallest absolute Gasteiger partial charge is 0.410 e. The number of alkyl halides is 3. The Morgan fingerprint density at radius 1 is 1.35 bits per heavy atom. The molecule has 0 saturated heterocycles. The quantitative estimate of drug-likeness (QED) is 0.677. The van der Waals surface area contributed by atoms with E-state index < -0.39 is 11.9 Å². The first-order valence-corrected chi connectivity index (χ1v) is 7.36. The predicted octanol–water partition coefficient (Wildman–Crippen LogP) is 3.43. The molecule has 10 heteroatoms. The van der Waals surface area contributed by atoms with Gasteiger partial charge in [-0.3, -0.25) is 4.68 Å². The molecule has 20 heavy (non-hydrogen) atoms. The van der Waals surface area contributed by atoms with Crippen molar-refractivity contribution in [1.29, 1.82) is 0 Å². The maximum absolute atomic E-state index is 12.9. The van der Waals surface area contributed by atoms with E-state index in [-0.39, 0.29) is 11.3 Å². The summed E-state index contributed by atoms with van der Waals surface area (Å²) in [5.74, 6) is 0.212. The van der Waals surface area contributed by atoms with Crippen LogP contribution in [-0.4, -0.2) is 26.2 Å². The molecule has 0 amide bonds. The molecule has 0 atom stereocenters. The van der Waals surface area contributed by atoms with Gasteiger partial charge in [0.2, 0.25) is 0 Å². The zero-order valence-electron chi connectivity index (χ0n) is 10.2. The summed E-state index contributed by atoms with van der Waals surface area (Å²) >= 11 is 2.40. The van der Waals surface area contributed by atoms with Gasteiger partial charge in [-0.15, -0.1) is 21.5 Å². The summed E-state index contributed by atoms with van der Waals surface area (Å²) in [5, 5.41) is 11.5. The second-order valence-corrected chi connectivity index (χ2v) is 5.66. The fraction of sp³-hybridized carbons (Fsp3) is 0.300. The highest BCUT2D eigenvalue weighted by Gasteiger charge is 2.37. The van der Waals surface area contributed by atoms with Crippen molar-refractivity contribution in [2.45, 2.75) is 11.4 Å². The molecule has 0 radical (unpaired) electrons. The van der Waals surface area contributed by atoms with Crippen LogP contribution in [0.1, 0.15) is 5.69 Å². The van der Waals surface area contributed by atoms with Gasteiger partial charge in [0.1, 0.15) is 4.83 Å². The van der Waals surface area contributed by atoms with E-state index in [2.05, 4.69) is 15.3 Å². The van der Waals surface area contributed by atoms with E-state index in [0.717, 1.165) is 11.3 Å². The largest absolute Gasteiger partial charge is 0.435 e. The van der Waals surface area contributed by atoms with Gasteiger partial charge in [-0.2, -0.15) is 18.3 Å². The van der Waals surface area contributed by atoms with Crippen molar-refractivity contribution in [2.75, 3.05) is 6.26 Å². The molecule has 3 heterocycles. The van der Waals surface area contributed by atoms with Gasteiger partial charge in [-0.1, -0.05) is 11.8 Å². The van der Waals surface area contributed by atoms with Crippen LogP contribution < -0.4 is 0 Å². The molecule has 3 aromatic rings. The number of fused-ring (bicyclic) bond motifs is 1. The van der Waals surface area contributed by atoms with Crippen LogP contribution >= 0.6 is 23.1 Å². The van der Waals surface area contributed by atoms with Gasteiger partial charge in [0.25, 0.3) is 11.1 Å². The maximum atomic E-state index is 12.9. The van der Waals surface area contributed by atoms with E-state index >= 15 is 0 Å². The molecule has 3 rings (SSSR count). The van der Waals surface area contributed by atoms with Crippen LogP contribution in [0.4, 0.5) is 13.2 Å². The number of thiophene rings is 1. The molecule has 0 aromatic carbocycles. The summed E-state index contributed by atoms with van der Waals surface area (Å²) < 4.78 is 45.2. The van der Waals surface area contributed by atoms with Gasteiger partial charge in [-0.25, -0.2) is 0 Å². The van der Waals surface area contributed by atoms with Crippen LogP contribution in [0.2, 0.25) is 0 Å². The maximum Gasteiger partial charge on any atom is 0.435 e. The Morgan fingerprint density at radius 3 is 2.70 bits per heavy atom. The topological polar surface area (TPSA) is 56.7 Å². The van der Waals surface area contributed by atoms with E-state index in [4.69, 9.17) is 4.42 Å². The Hall–Kier alpha value is -1.55. The standard InChI is InChI=1S/C10H7F3N4OS2/c1-17-8-4(6(16-17)10(11,12)13)3-5(20-8)7-14-15-9(18-7)19-2/h3H,1-2H3. The molecule has 0 unspecified atom stereocenters. The third-order valence-corrected chi connectivity index (χ3v) is 4.28. The van der Waals surface area contributed by atoms with Crippen molar-refractivity contribution in [2.24, 2.45) is 7.05 Å². The van der Waals surface area contributed by atoms with E-state index in [1.807, 2.05) is 0 Å². The van der Waals surface area contributed by atoms with Crippen molar-refractivity contribution >= 4 is 33.3 Å². The fourth-order valence-corrected chi connectivity index (χ4v) is 3.03. The average molecular weight is 320 g/mol. The van der Waals surface area contributed by atoms with Gasteiger partial charge in [-0.05, 0) is 12.3 Å². The molecule has 0 aliphatic carbocycles. The molecule has 0 fully saturated rings. The van der Waals surface area contributed by atoms with E-state index in [1.165, 1.54) is 29.6 Å². The van der Waals surface area contributed by atoms with Crippen molar-refractivity contribution < 1.29 is 17.6 Å². The van der Waals surface area contributed by atoms with Gasteiger partial charge >= 0.3 is 6.18 Å². The minimum atomic E-state index is -4.49. The van der Waals surface area contributed by atoms with E-state index in [0.29, 0.717) is 14.9 Å². The Bertz CT molecular complexity index is 773. The van der Waals surface area contributed by atoms with Crippen molar-refractivity contribution in [3.05, 3.63) is 11.8 Å². The number of hydrogen-bond acceptors (Lipinski definition) is 6. The molecule has 5 nitrogen and oxygen atoms in total. The van der Waals surface area contributed by atoms with Crippen LogP contribution in [0.15, 0.2) is 15.7 Å². The number of aromatic nitrogens is 4. The third kappa shape index (κ3) is 2.08. The summed E-state index contributed by atoms with van der Waals surface area (Å²) in [6.45, 7) is 0. The summed E-state index contributed by atoms with van der Waals surface area (Å²) in [6.07, 6.45) is -2.72. The molecule has 0 spiro atoms. The van der Waals surface area contributed by atoms with Gasteiger partial charge in [0.15, 0.2) is 5.69 Å². The van der Waals surface area contributed by atoms with Crippen molar-refractivity contribution in [3.8, 4) is 10.8 Å². The summed E-state index contributed by atoms with van der Waals surface area (Å²) in [5.41, 5.74) is -0.901. The molecule has 0 aliphatic heterocycles.